The van der Waals surface area contributed by atoms with Crippen molar-refractivity contribution in [2.75, 3.05) is 18.6 Å². The number of anilines is 1. The Hall–Kier alpha value is -2.38. The van der Waals surface area contributed by atoms with Crippen molar-refractivity contribution in [1.82, 2.24) is 9.38 Å². The number of nitrogens with two attached hydrogens (primary N) is 1. The molecule has 0 radical (unpaired) electrons. The molecule has 0 saturated heterocycles. The van der Waals surface area contributed by atoms with Crippen LogP contribution in [0.5, 0.6) is 5.75 Å². The first-order valence-electron chi connectivity index (χ1n) is 7.72. The number of carbonyl (C=O) groups is 1. The van der Waals surface area contributed by atoms with Gasteiger partial charge in [0, 0.05) is 29.7 Å². The lowest BCUT2D eigenvalue weighted by molar-refractivity contribution is -0.120. The SMILES string of the molecule is Cc1sc2nc(-c3ccc4c(c3)N(C)C(=O)CO4)c(CN)n2c1C. The molecule has 24 heavy (non-hydrogen) atoms. The molecule has 0 aliphatic carbocycles. The Labute approximate surface area is 143 Å². The molecule has 0 fully saturated rings. The smallest absolute Gasteiger partial charge is 0.264 e. The van der Waals surface area contributed by atoms with E-state index in [1.165, 1.54) is 10.6 Å². The number of thiazole rings is 1. The molecule has 1 aromatic carbocycles. The Balaban J connectivity index is 1.91. The molecule has 0 saturated carbocycles. The van der Waals surface area contributed by atoms with Crippen LogP contribution in [0.3, 0.4) is 0 Å². The van der Waals surface area contributed by atoms with Crippen molar-refractivity contribution in [3.8, 4) is 17.0 Å². The van der Waals surface area contributed by atoms with Crippen LogP contribution >= 0.6 is 11.3 Å². The monoisotopic (exact) mass is 342 g/mol. The lowest BCUT2D eigenvalue weighted by Gasteiger charge is -2.26. The molecule has 3 heterocycles. The van der Waals surface area contributed by atoms with Crippen molar-refractivity contribution < 1.29 is 9.53 Å². The normalized spacial score (nSPS) is 14.2. The van der Waals surface area contributed by atoms with Crippen LogP contribution in [0.25, 0.3) is 16.2 Å². The number of imidazole rings is 1. The van der Waals surface area contributed by atoms with E-state index in [9.17, 15) is 4.79 Å². The summed E-state index contributed by atoms with van der Waals surface area (Å²) in [6.45, 7) is 4.65. The summed E-state index contributed by atoms with van der Waals surface area (Å²) in [5.41, 5.74) is 10.7. The van der Waals surface area contributed by atoms with Gasteiger partial charge in [-0.15, -0.1) is 11.3 Å². The predicted octanol–water partition coefficient (Wildman–Crippen LogP) is 2.49. The highest BCUT2D eigenvalue weighted by Gasteiger charge is 2.24. The van der Waals surface area contributed by atoms with E-state index in [1.807, 2.05) is 18.2 Å². The fourth-order valence-corrected chi connectivity index (χ4v) is 4.04. The maximum absolute atomic E-state index is 11.9. The van der Waals surface area contributed by atoms with Gasteiger partial charge in [-0.3, -0.25) is 9.20 Å². The van der Waals surface area contributed by atoms with Crippen LogP contribution in [0.2, 0.25) is 0 Å². The molecule has 2 aromatic heterocycles. The second-order valence-corrected chi connectivity index (χ2v) is 7.08. The van der Waals surface area contributed by atoms with E-state index in [1.54, 1.807) is 23.3 Å². The molecule has 1 amide bonds. The first kappa shape index (κ1) is 15.2. The number of rotatable bonds is 2. The van der Waals surface area contributed by atoms with Crippen LogP contribution in [-0.2, 0) is 11.3 Å². The van der Waals surface area contributed by atoms with Crippen LogP contribution in [0.4, 0.5) is 5.69 Å². The minimum absolute atomic E-state index is 0.0593. The number of nitrogens with zero attached hydrogens (tertiary/aromatic N) is 3. The summed E-state index contributed by atoms with van der Waals surface area (Å²) in [5, 5.41) is 0. The van der Waals surface area contributed by atoms with Crippen LogP contribution in [0.1, 0.15) is 16.3 Å². The number of fused-ring (bicyclic) bond motifs is 2. The van der Waals surface area contributed by atoms with E-state index >= 15 is 0 Å². The van der Waals surface area contributed by atoms with Gasteiger partial charge in [0.25, 0.3) is 5.91 Å². The van der Waals surface area contributed by atoms with Crippen LogP contribution in [-0.4, -0.2) is 28.9 Å². The number of likely N-dealkylation sites (N-methyl/N-ethyl adjacent to an activating group) is 1. The number of aryl methyl sites for hydroxylation is 2. The number of benzene rings is 1. The zero-order valence-electron chi connectivity index (χ0n) is 13.8. The summed E-state index contributed by atoms with van der Waals surface area (Å²) < 4.78 is 7.62. The van der Waals surface area contributed by atoms with Gasteiger partial charge in [-0.05, 0) is 32.0 Å². The lowest BCUT2D eigenvalue weighted by atomic mass is 10.1. The Kier molecular flexibility index (Phi) is 3.36. The fourth-order valence-electron chi connectivity index (χ4n) is 3.05. The van der Waals surface area contributed by atoms with Gasteiger partial charge < -0.3 is 15.4 Å². The molecule has 1 aliphatic rings. The summed E-state index contributed by atoms with van der Waals surface area (Å²) in [7, 11) is 1.76. The van der Waals surface area contributed by atoms with Crippen LogP contribution in [0.15, 0.2) is 18.2 Å². The van der Waals surface area contributed by atoms with Crippen LogP contribution in [0, 0.1) is 13.8 Å². The minimum Gasteiger partial charge on any atom is -0.482 e. The fraction of sp³-hybridized carbons (Fsp3) is 0.294. The van der Waals surface area contributed by atoms with Gasteiger partial charge >= 0.3 is 0 Å². The standard InChI is InChI=1S/C17H18N4O2S/c1-9-10(2)24-17-19-16(13(7-18)21(9)17)11-4-5-14-12(6-11)20(3)15(22)8-23-14/h4-6H,7-8,18H2,1-3H3. The Morgan fingerprint density at radius 3 is 2.92 bits per heavy atom. The van der Waals surface area contributed by atoms with Gasteiger partial charge in [0.2, 0.25) is 0 Å². The molecule has 124 valence electrons. The van der Waals surface area contributed by atoms with Crippen molar-refractivity contribution in [3.05, 3.63) is 34.5 Å². The third-order valence-electron chi connectivity index (χ3n) is 4.54. The highest BCUT2D eigenvalue weighted by atomic mass is 32.1. The Morgan fingerprint density at radius 1 is 1.38 bits per heavy atom. The van der Waals surface area contributed by atoms with E-state index in [2.05, 4.69) is 18.2 Å². The van der Waals surface area contributed by atoms with Crippen molar-refractivity contribution in [2.45, 2.75) is 20.4 Å². The largest absolute Gasteiger partial charge is 0.482 e. The molecule has 7 heteroatoms. The summed E-state index contributed by atoms with van der Waals surface area (Å²) >= 11 is 1.66. The molecule has 0 atom stereocenters. The molecule has 0 unspecified atom stereocenters. The molecule has 4 rings (SSSR count). The number of amides is 1. The lowest BCUT2D eigenvalue weighted by Crippen LogP contribution is -2.35. The summed E-state index contributed by atoms with van der Waals surface area (Å²) in [6, 6.07) is 5.80. The summed E-state index contributed by atoms with van der Waals surface area (Å²) in [6.07, 6.45) is 0. The summed E-state index contributed by atoms with van der Waals surface area (Å²) in [4.78, 5) is 20.5. The molecule has 3 aromatic rings. The maximum atomic E-state index is 11.9. The van der Waals surface area contributed by atoms with Gasteiger partial charge in [-0.2, -0.15) is 0 Å². The molecule has 6 nitrogen and oxygen atoms in total. The third kappa shape index (κ3) is 2.05. The van der Waals surface area contributed by atoms with Crippen LogP contribution < -0.4 is 15.4 Å². The van der Waals surface area contributed by atoms with E-state index in [-0.39, 0.29) is 12.5 Å². The quantitative estimate of drug-likeness (QED) is 0.776. The van der Waals surface area contributed by atoms with Gasteiger partial charge in [0.15, 0.2) is 11.6 Å². The van der Waals surface area contributed by atoms with Gasteiger partial charge in [0.1, 0.15) is 5.75 Å². The van der Waals surface area contributed by atoms with Gasteiger partial charge in [-0.1, -0.05) is 0 Å². The van der Waals surface area contributed by atoms with Gasteiger partial charge in [0.05, 0.1) is 17.1 Å². The second kappa shape index (κ2) is 5.32. The Bertz CT molecular complexity index is 973. The van der Waals surface area contributed by atoms with Crippen molar-refractivity contribution in [1.29, 1.82) is 0 Å². The number of carbonyl (C=O) groups excluding carboxylic acids is 1. The zero-order valence-corrected chi connectivity index (χ0v) is 14.6. The predicted molar refractivity (Wildman–Crippen MR) is 94.8 cm³/mol. The number of aromatic nitrogens is 2. The number of hydrogen-bond acceptors (Lipinski definition) is 5. The average Bonchev–Trinajstić information content (AvgIpc) is 3.07. The third-order valence-corrected chi connectivity index (χ3v) is 5.60. The topological polar surface area (TPSA) is 72.9 Å². The van der Waals surface area contributed by atoms with Crippen molar-refractivity contribution >= 4 is 27.9 Å². The molecular weight excluding hydrogens is 324 g/mol. The van der Waals surface area contributed by atoms with Gasteiger partial charge in [-0.25, -0.2) is 4.98 Å². The zero-order chi connectivity index (χ0) is 17.0. The Morgan fingerprint density at radius 2 is 2.17 bits per heavy atom. The van der Waals surface area contributed by atoms with Crippen molar-refractivity contribution in [2.24, 2.45) is 5.73 Å². The first-order valence-corrected chi connectivity index (χ1v) is 8.54. The second-order valence-electron chi connectivity index (χ2n) is 5.90. The van der Waals surface area contributed by atoms with E-state index in [4.69, 9.17) is 15.5 Å². The average molecular weight is 342 g/mol. The molecule has 0 spiro atoms. The van der Waals surface area contributed by atoms with E-state index < -0.39 is 0 Å². The van der Waals surface area contributed by atoms with E-state index in [0.29, 0.717) is 12.3 Å². The highest BCUT2D eigenvalue weighted by molar-refractivity contribution is 7.17. The summed E-state index contributed by atoms with van der Waals surface area (Å²) in [5.74, 6) is 0.652. The van der Waals surface area contributed by atoms with Crippen molar-refractivity contribution in [3.63, 3.8) is 0 Å². The van der Waals surface area contributed by atoms with E-state index in [0.717, 1.165) is 27.6 Å². The number of hydrogen-bond donors (Lipinski definition) is 1. The molecule has 0 bridgehead atoms. The molecule has 2 N–H and O–H groups in total. The first-order chi connectivity index (χ1) is 11.5. The molecule has 1 aliphatic heterocycles. The molecular formula is C17H18N4O2S. The highest BCUT2D eigenvalue weighted by Crippen LogP contribution is 2.37. The number of ether oxygens (including phenoxy) is 1. The minimum atomic E-state index is -0.0593. The maximum Gasteiger partial charge on any atom is 0.264 e.